The van der Waals surface area contributed by atoms with Gasteiger partial charge in [-0.05, 0) is 37.0 Å². The molecule has 0 radical (unpaired) electrons. The molecule has 1 aliphatic carbocycles. The number of hydrogen-bond acceptors (Lipinski definition) is 4. The third-order valence-electron chi connectivity index (χ3n) is 5.05. The minimum Gasteiger partial charge on any atom is -0.481 e. The van der Waals surface area contributed by atoms with Gasteiger partial charge >= 0.3 is 5.97 Å². The maximum Gasteiger partial charge on any atom is 0.310 e. The van der Waals surface area contributed by atoms with E-state index in [2.05, 4.69) is 5.32 Å². The van der Waals surface area contributed by atoms with Gasteiger partial charge in [0.2, 0.25) is 15.9 Å². The van der Waals surface area contributed by atoms with E-state index in [4.69, 9.17) is 0 Å². The molecule has 7 nitrogen and oxygen atoms in total. The van der Waals surface area contributed by atoms with Gasteiger partial charge < -0.3 is 10.4 Å². The summed E-state index contributed by atoms with van der Waals surface area (Å²) in [6.45, 7) is 0.718. The maximum absolute atomic E-state index is 12.1. The van der Waals surface area contributed by atoms with Crippen LogP contribution in [0.1, 0.15) is 37.7 Å². The van der Waals surface area contributed by atoms with E-state index in [0.29, 0.717) is 31.5 Å². The van der Waals surface area contributed by atoms with Crippen LogP contribution in [0.2, 0.25) is 0 Å². The molecule has 1 heterocycles. The lowest BCUT2D eigenvalue weighted by molar-refractivity contribution is -0.157. The molecule has 1 aromatic rings. The third-order valence-corrected chi connectivity index (χ3v) is 6.92. The topological polar surface area (TPSA) is 104 Å². The predicted molar refractivity (Wildman–Crippen MR) is 92.6 cm³/mol. The average molecular weight is 366 g/mol. The zero-order valence-corrected chi connectivity index (χ0v) is 14.7. The minimum atomic E-state index is -3.24. The van der Waals surface area contributed by atoms with E-state index in [9.17, 15) is 23.1 Å². The van der Waals surface area contributed by atoms with Crippen molar-refractivity contribution in [1.29, 1.82) is 0 Å². The van der Waals surface area contributed by atoms with E-state index >= 15 is 0 Å². The van der Waals surface area contributed by atoms with Crippen LogP contribution >= 0.6 is 0 Å². The molecule has 1 saturated heterocycles. The quantitative estimate of drug-likeness (QED) is 0.794. The summed E-state index contributed by atoms with van der Waals surface area (Å²) < 4.78 is 25.4. The number of hydrogen-bond donors (Lipinski definition) is 2. The molecule has 1 aliphatic heterocycles. The molecule has 8 heteroatoms. The highest BCUT2D eigenvalue weighted by atomic mass is 32.2. The van der Waals surface area contributed by atoms with Gasteiger partial charge in [-0.1, -0.05) is 18.6 Å². The number of nitrogens with zero attached hydrogens (tertiary/aromatic N) is 1. The largest absolute Gasteiger partial charge is 0.481 e. The molecule has 0 bridgehead atoms. The first-order chi connectivity index (χ1) is 11.8. The highest BCUT2D eigenvalue weighted by Gasteiger charge is 2.45. The van der Waals surface area contributed by atoms with Crippen molar-refractivity contribution in [1.82, 2.24) is 5.32 Å². The van der Waals surface area contributed by atoms with Crippen LogP contribution in [-0.2, 0) is 26.2 Å². The van der Waals surface area contributed by atoms with Crippen molar-refractivity contribution in [3.8, 4) is 0 Å². The lowest BCUT2D eigenvalue weighted by Crippen LogP contribution is -2.42. The molecule has 1 saturated carbocycles. The number of rotatable bonds is 6. The number of carbonyl (C=O) groups is 2. The Bertz CT molecular complexity index is 786. The maximum atomic E-state index is 12.1. The second kappa shape index (κ2) is 6.67. The van der Waals surface area contributed by atoms with Crippen LogP contribution in [0, 0.1) is 5.41 Å². The molecular formula is C17H22N2O5S. The molecule has 25 heavy (non-hydrogen) atoms. The first-order valence-electron chi connectivity index (χ1n) is 8.42. The van der Waals surface area contributed by atoms with E-state index in [1.165, 1.54) is 4.31 Å². The lowest BCUT2D eigenvalue weighted by Gasteiger charge is -2.36. The summed E-state index contributed by atoms with van der Waals surface area (Å²) in [5.41, 5.74) is 0.478. The van der Waals surface area contributed by atoms with Crippen molar-refractivity contribution in [3.63, 3.8) is 0 Å². The molecule has 136 valence electrons. The molecule has 1 amide bonds. The molecule has 2 fully saturated rings. The molecule has 1 aromatic carbocycles. The van der Waals surface area contributed by atoms with E-state index in [1.807, 2.05) is 6.07 Å². The highest BCUT2D eigenvalue weighted by Crippen LogP contribution is 2.44. The van der Waals surface area contributed by atoms with E-state index < -0.39 is 21.4 Å². The number of carboxylic acids is 1. The van der Waals surface area contributed by atoms with Gasteiger partial charge in [0.1, 0.15) is 0 Å². The van der Waals surface area contributed by atoms with Gasteiger partial charge in [0.15, 0.2) is 0 Å². The molecular weight excluding hydrogens is 344 g/mol. The minimum absolute atomic E-state index is 0.0114. The van der Waals surface area contributed by atoms with Gasteiger partial charge in [0.05, 0.1) is 16.9 Å². The Labute approximate surface area is 147 Å². The van der Waals surface area contributed by atoms with Crippen LogP contribution in [0.4, 0.5) is 5.69 Å². The Morgan fingerprint density at radius 2 is 2.00 bits per heavy atom. The molecule has 0 atom stereocenters. The molecule has 2 aliphatic rings. The van der Waals surface area contributed by atoms with Crippen molar-refractivity contribution in [2.24, 2.45) is 5.41 Å². The summed E-state index contributed by atoms with van der Waals surface area (Å²) in [5.74, 6) is -1.04. The van der Waals surface area contributed by atoms with Crippen LogP contribution < -0.4 is 9.62 Å². The lowest BCUT2D eigenvalue weighted by atomic mass is 9.66. The summed E-state index contributed by atoms with van der Waals surface area (Å²) in [5, 5.41) is 12.0. The monoisotopic (exact) mass is 366 g/mol. The smallest absolute Gasteiger partial charge is 0.310 e. The van der Waals surface area contributed by atoms with E-state index in [0.717, 1.165) is 12.0 Å². The Balaban J connectivity index is 1.61. The van der Waals surface area contributed by atoms with Crippen LogP contribution in [0.25, 0.3) is 0 Å². The van der Waals surface area contributed by atoms with Crippen molar-refractivity contribution >= 4 is 27.6 Å². The summed E-state index contributed by atoms with van der Waals surface area (Å²) >= 11 is 0. The standard InChI is InChI=1S/C17H22N2O5S/c20-15(11-17(16(21)22)6-2-7-17)18-12-13-4-1-5-14(10-13)19-8-3-9-25(19,23)24/h1,4-5,10H,2-3,6-9,11-12H2,(H,18,20)(H,21,22). The number of sulfonamides is 1. The second-order valence-corrected chi connectivity index (χ2v) is 8.82. The number of nitrogens with one attached hydrogen (secondary N) is 1. The van der Waals surface area contributed by atoms with Crippen LogP contribution in [0.3, 0.4) is 0 Å². The highest BCUT2D eigenvalue weighted by molar-refractivity contribution is 7.93. The number of anilines is 1. The Kier molecular flexibility index (Phi) is 4.73. The van der Waals surface area contributed by atoms with Crippen LogP contribution in [-0.4, -0.2) is 37.7 Å². The molecule has 0 spiro atoms. The SMILES string of the molecule is O=C(CC1(C(=O)O)CCC1)NCc1cccc(N2CCCS2(=O)=O)c1. The van der Waals surface area contributed by atoms with Crippen molar-refractivity contribution in [2.45, 2.75) is 38.6 Å². The summed E-state index contributed by atoms with van der Waals surface area (Å²) in [4.78, 5) is 23.4. The molecule has 0 aromatic heterocycles. The van der Waals surface area contributed by atoms with E-state index in [-0.39, 0.29) is 24.6 Å². The molecule has 0 unspecified atom stereocenters. The predicted octanol–water partition coefficient (Wildman–Crippen LogP) is 1.49. The fourth-order valence-corrected chi connectivity index (χ4v) is 4.95. The summed E-state index contributed by atoms with van der Waals surface area (Å²) in [7, 11) is -3.24. The third kappa shape index (κ3) is 3.63. The zero-order valence-electron chi connectivity index (χ0n) is 13.9. The normalized spacial score (nSPS) is 20.7. The van der Waals surface area contributed by atoms with E-state index in [1.54, 1.807) is 18.2 Å². The van der Waals surface area contributed by atoms with Gasteiger partial charge in [-0.3, -0.25) is 13.9 Å². The number of benzene rings is 1. The van der Waals surface area contributed by atoms with Gasteiger partial charge in [-0.2, -0.15) is 0 Å². The van der Waals surface area contributed by atoms with Gasteiger partial charge in [0.25, 0.3) is 0 Å². The first kappa shape index (κ1) is 17.7. The Morgan fingerprint density at radius 3 is 2.56 bits per heavy atom. The first-order valence-corrected chi connectivity index (χ1v) is 10.0. The molecule has 2 N–H and O–H groups in total. The Hall–Kier alpha value is -2.09. The second-order valence-electron chi connectivity index (χ2n) is 6.80. The summed E-state index contributed by atoms with van der Waals surface area (Å²) in [6, 6.07) is 7.06. The van der Waals surface area contributed by atoms with Gasteiger partial charge in [-0.15, -0.1) is 0 Å². The average Bonchev–Trinajstić information content (AvgIpc) is 2.88. The number of aliphatic carboxylic acids is 1. The zero-order chi connectivity index (χ0) is 18.1. The Morgan fingerprint density at radius 1 is 1.24 bits per heavy atom. The fourth-order valence-electron chi connectivity index (χ4n) is 3.39. The number of amides is 1. The van der Waals surface area contributed by atoms with Crippen LogP contribution in [0.5, 0.6) is 0 Å². The van der Waals surface area contributed by atoms with Crippen molar-refractivity contribution in [3.05, 3.63) is 29.8 Å². The number of carbonyl (C=O) groups excluding carboxylic acids is 1. The molecule has 3 rings (SSSR count). The van der Waals surface area contributed by atoms with Gasteiger partial charge in [0, 0.05) is 19.5 Å². The number of carboxylic acid groups (broad SMARTS) is 1. The van der Waals surface area contributed by atoms with Crippen molar-refractivity contribution in [2.75, 3.05) is 16.6 Å². The van der Waals surface area contributed by atoms with Gasteiger partial charge in [-0.25, -0.2) is 8.42 Å². The van der Waals surface area contributed by atoms with Crippen LogP contribution in [0.15, 0.2) is 24.3 Å². The fraction of sp³-hybridized carbons (Fsp3) is 0.529. The van der Waals surface area contributed by atoms with Crippen molar-refractivity contribution < 1.29 is 23.1 Å². The summed E-state index contributed by atoms with van der Waals surface area (Å²) in [6.07, 6.45) is 2.52.